The summed E-state index contributed by atoms with van der Waals surface area (Å²) in [5.74, 6) is -0.387. The molecule has 0 spiro atoms. The van der Waals surface area contributed by atoms with E-state index in [-0.39, 0.29) is 12.2 Å². The van der Waals surface area contributed by atoms with Gasteiger partial charge in [-0.3, -0.25) is 0 Å². The maximum Gasteiger partial charge on any atom is 0.408 e. The number of esters is 1. The fraction of sp³-hybridized carbons (Fsp3) is 0.370. The highest BCUT2D eigenvalue weighted by Gasteiger charge is 2.27. The molecule has 1 heterocycles. The van der Waals surface area contributed by atoms with Gasteiger partial charge in [-0.2, -0.15) is 0 Å². The number of rotatable bonds is 7. The molecule has 1 atom stereocenters. The molecule has 7 heteroatoms. The first-order valence-corrected chi connectivity index (χ1v) is 11.4. The number of aryl methyl sites for hydroxylation is 2. The van der Waals surface area contributed by atoms with Crippen LogP contribution < -0.4 is 15.7 Å². The zero-order valence-corrected chi connectivity index (χ0v) is 20.3. The summed E-state index contributed by atoms with van der Waals surface area (Å²) in [4.78, 5) is 37.6. The van der Waals surface area contributed by atoms with Gasteiger partial charge in [-0.25, -0.2) is 14.4 Å². The smallest absolute Gasteiger partial charge is 0.408 e. The molecular formula is C27H31NO6. The van der Waals surface area contributed by atoms with E-state index in [1.807, 2.05) is 37.3 Å². The Balaban J connectivity index is 1.89. The van der Waals surface area contributed by atoms with Gasteiger partial charge in [-0.15, -0.1) is 0 Å². The van der Waals surface area contributed by atoms with Crippen LogP contribution in [0.3, 0.4) is 0 Å². The molecule has 1 unspecified atom stereocenters. The van der Waals surface area contributed by atoms with Crippen molar-refractivity contribution in [2.75, 3.05) is 0 Å². The lowest BCUT2D eigenvalue weighted by Crippen LogP contribution is -2.46. The highest BCUT2D eigenvalue weighted by atomic mass is 16.6. The first-order valence-electron chi connectivity index (χ1n) is 11.4. The van der Waals surface area contributed by atoms with Crippen LogP contribution in [-0.4, -0.2) is 23.7 Å². The van der Waals surface area contributed by atoms with Gasteiger partial charge in [0.2, 0.25) is 0 Å². The van der Waals surface area contributed by atoms with Crippen LogP contribution in [-0.2, 0) is 22.4 Å². The molecule has 0 aliphatic carbocycles. The van der Waals surface area contributed by atoms with Crippen LogP contribution in [0.1, 0.15) is 50.8 Å². The van der Waals surface area contributed by atoms with E-state index in [1.54, 1.807) is 39.8 Å². The summed E-state index contributed by atoms with van der Waals surface area (Å²) in [7, 11) is 0. The number of carbonyl (C=O) groups is 2. The van der Waals surface area contributed by atoms with E-state index in [2.05, 4.69) is 5.32 Å². The maximum absolute atomic E-state index is 13.2. The SMILES string of the molecule is CCCc1cc(=O)oc2c(C)c(OC(=O)C(Cc3ccccc3)NC(=O)OC(C)(C)C)ccc12. The second kappa shape index (κ2) is 10.5. The zero-order valence-electron chi connectivity index (χ0n) is 20.3. The van der Waals surface area contributed by atoms with Crippen LogP contribution in [0.2, 0.25) is 0 Å². The van der Waals surface area contributed by atoms with Gasteiger partial charge >= 0.3 is 17.7 Å². The largest absolute Gasteiger partial charge is 0.444 e. The molecule has 1 amide bonds. The van der Waals surface area contributed by atoms with Crippen molar-refractivity contribution < 1.29 is 23.5 Å². The Morgan fingerprint density at radius 2 is 1.79 bits per heavy atom. The molecule has 7 nitrogen and oxygen atoms in total. The standard InChI is InChI=1S/C27H31NO6/c1-6-10-19-16-23(29)33-24-17(2)22(14-13-20(19)24)32-25(30)21(15-18-11-8-7-9-12-18)28-26(31)34-27(3,4)5/h7-9,11-14,16,21H,6,10,15H2,1-5H3,(H,28,31). The van der Waals surface area contributed by atoms with E-state index in [0.29, 0.717) is 11.1 Å². The van der Waals surface area contributed by atoms with Gasteiger partial charge in [0.15, 0.2) is 0 Å². The normalized spacial score (nSPS) is 12.3. The molecule has 34 heavy (non-hydrogen) atoms. The monoisotopic (exact) mass is 465 g/mol. The second-order valence-corrected chi connectivity index (χ2v) is 9.22. The van der Waals surface area contributed by atoms with Crippen molar-refractivity contribution in [1.29, 1.82) is 0 Å². The van der Waals surface area contributed by atoms with Crippen LogP contribution in [0.15, 0.2) is 57.7 Å². The lowest BCUT2D eigenvalue weighted by Gasteiger charge is -2.23. The Morgan fingerprint density at radius 3 is 2.44 bits per heavy atom. The second-order valence-electron chi connectivity index (χ2n) is 9.22. The Bertz CT molecular complexity index is 1220. The molecule has 0 fully saturated rings. The van der Waals surface area contributed by atoms with Crippen LogP contribution >= 0.6 is 0 Å². The lowest BCUT2D eigenvalue weighted by molar-refractivity contribution is -0.136. The minimum Gasteiger partial charge on any atom is -0.444 e. The first-order chi connectivity index (χ1) is 16.1. The van der Waals surface area contributed by atoms with Gasteiger partial charge in [-0.1, -0.05) is 43.7 Å². The highest BCUT2D eigenvalue weighted by Crippen LogP contribution is 2.29. The Morgan fingerprint density at radius 1 is 1.09 bits per heavy atom. The van der Waals surface area contributed by atoms with Gasteiger partial charge in [0.05, 0.1) is 0 Å². The van der Waals surface area contributed by atoms with Gasteiger partial charge in [0.25, 0.3) is 0 Å². The van der Waals surface area contributed by atoms with Gasteiger partial charge < -0.3 is 19.2 Å². The number of amides is 1. The Hall–Kier alpha value is -3.61. The minimum atomic E-state index is -0.981. The summed E-state index contributed by atoms with van der Waals surface area (Å²) in [6, 6.07) is 13.3. The predicted molar refractivity (Wildman–Crippen MR) is 130 cm³/mol. The average molecular weight is 466 g/mol. The molecule has 0 aliphatic rings. The van der Waals surface area contributed by atoms with Gasteiger partial charge in [0.1, 0.15) is 23.0 Å². The summed E-state index contributed by atoms with van der Waals surface area (Å²) in [6.45, 7) is 9.01. The van der Waals surface area contributed by atoms with Crippen LogP contribution in [0, 0.1) is 6.92 Å². The number of alkyl carbamates (subject to hydrolysis) is 1. The van der Waals surface area contributed by atoms with Crippen LogP contribution in [0.5, 0.6) is 5.75 Å². The Kier molecular flexibility index (Phi) is 7.76. The molecule has 3 rings (SSSR count). The molecule has 0 radical (unpaired) electrons. The van der Waals surface area contributed by atoms with E-state index in [4.69, 9.17) is 13.9 Å². The molecule has 0 bridgehead atoms. The van der Waals surface area contributed by atoms with Crippen molar-refractivity contribution in [2.45, 2.75) is 65.5 Å². The number of hydrogen-bond acceptors (Lipinski definition) is 6. The lowest BCUT2D eigenvalue weighted by atomic mass is 10.0. The van der Waals surface area contributed by atoms with Crippen molar-refractivity contribution in [2.24, 2.45) is 0 Å². The summed E-state index contributed by atoms with van der Waals surface area (Å²) in [5.41, 5.74) is 1.51. The molecule has 180 valence electrons. The number of nitrogens with one attached hydrogen (secondary N) is 1. The maximum atomic E-state index is 13.2. The first kappa shape index (κ1) is 25.0. The van der Waals surface area contributed by atoms with Crippen molar-refractivity contribution in [1.82, 2.24) is 5.32 Å². The third-order valence-corrected chi connectivity index (χ3v) is 5.18. The third-order valence-electron chi connectivity index (χ3n) is 5.18. The molecule has 2 aromatic carbocycles. The zero-order chi connectivity index (χ0) is 24.9. The number of hydrogen-bond donors (Lipinski definition) is 1. The van der Waals surface area contributed by atoms with Crippen LogP contribution in [0.25, 0.3) is 11.0 Å². The van der Waals surface area contributed by atoms with E-state index in [1.165, 1.54) is 6.07 Å². The highest BCUT2D eigenvalue weighted by molar-refractivity contribution is 5.88. The summed E-state index contributed by atoms with van der Waals surface area (Å²) >= 11 is 0. The van der Waals surface area contributed by atoms with Crippen molar-refractivity contribution >= 4 is 23.0 Å². The third kappa shape index (κ3) is 6.47. The van der Waals surface area contributed by atoms with Gasteiger partial charge in [-0.05, 0) is 57.4 Å². The van der Waals surface area contributed by atoms with Crippen molar-refractivity contribution in [3.8, 4) is 5.75 Å². The van der Waals surface area contributed by atoms with E-state index < -0.39 is 29.3 Å². The van der Waals surface area contributed by atoms with Gasteiger partial charge in [0, 0.05) is 23.4 Å². The van der Waals surface area contributed by atoms with E-state index in [9.17, 15) is 14.4 Å². The summed E-state index contributed by atoms with van der Waals surface area (Å²) < 4.78 is 16.5. The fourth-order valence-corrected chi connectivity index (χ4v) is 3.67. The topological polar surface area (TPSA) is 94.8 Å². The number of carbonyl (C=O) groups excluding carboxylic acids is 2. The quantitative estimate of drug-likeness (QED) is 0.297. The van der Waals surface area contributed by atoms with E-state index in [0.717, 1.165) is 29.4 Å². The molecule has 0 saturated heterocycles. The van der Waals surface area contributed by atoms with E-state index >= 15 is 0 Å². The number of benzene rings is 2. The molecule has 0 saturated carbocycles. The number of ether oxygens (including phenoxy) is 2. The van der Waals surface area contributed by atoms with Crippen LogP contribution in [0.4, 0.5) is 4.79 Å². The average Bonchev–Trinajstić information content (AvgIpc) is 2.75. The molecule has 1 aromatic heterocycles. The molecule has 0 aliphatic heterocycles. The molecular weight excluding hydrogens is 434 g/mol. The van der Waals surface area contributed by atoms with Crippen molar-refractivity contribution in [3.05, 3.63) is 75.6 Å². The molecule has 1 N–H and O–H groups in total. The minimum absolute atomic E-state index is 0.223. The molecule has 3 aromatic rings. The fourth-order valence-electron chi connectivity index (χ4n) is 3.67. The summed E-state index contributed by atoms with van der Waals surface area (Å²) in [5, 5.41) is 3.44. The summed E-state index contributed by atoms with van der Waals surface area (Å²) in [6.07, 6.45) is 1.13. The van der Waals surface area contributed by atoms with Crippen molar-refractivity contribution in [3.63, 3.8) is 0 Å². The Labute approximate surface area is 199 Å². The predicted octanol–water partition coefficient (Wildman–Crippen LogP) is 5.10. The number of fused-ring (bicyclic) bond motifs is 1.